The van der Waals surface area contributed by atoms with Crippen LogP contribution in [0.3, 0.4) is 0 Å². The number of anilines is 1. The second kappa shape index (κ2) is 7.65. The molecule has 26 heavy (non-hydrogen) atoms. The highest BCUT2D eigenvalue weighted by molar-refractivity contribution is 7.89. The van der Waals surface area contributed by atoms with Gasteiger partial charge >= 0.3 is 6.03 Å². The molecular weight excluding hydrogens is 378 g/mol. The Morgan fingerprint density at radius 2 is 1.96 bits per heavy atom. The van der Waals surface area contributed by atoms with E-state index < -0.39 is 10.0 Å². The summed E-state index contributed by atoms with van der Waals surface area (Å²) in [5.74, 6) is 0. The van der Waals surface area contributed by atoms with Crippen LogP contribution in [0.25, 0.3) is 0 Å². The van der Waals surface area contributed by atoms with Crippen molar-refractivity contribution in [2.45, 2.75) is 11.4 Å². The standard InChI is InChI=1S/C16H20ClN5O3S/c1-20-11-15(18-12-20)26(24,25)22-8-4-7-21(9-10-22)16(23)19-14-6-3-2-5-13(14)17/h2-3,5-6,11-12H,4,7-10H2,1H3,(H,19,23). The van der Waals surface area contributed by atoms with Crippen LogP contribution < -0.4 is 5.32 Å². The zero-order valence-electron chi connectivity index (χ0n) is 14.3. The van der Waals surface area contributed by atoms with Gasteiger partial charge in [-0.05, 0) is 18.6 Å². The average Bonchev–Trinajstić information content (AvgIpc) is 2.90. The van der Waals surface area contributed by atoms with Gasteiger partial charge in [-0.3, -0.25) is 0 Å². The molecule has 0 radical (unpaired) electrons. The number of urea groups is 1. The van der Waals surface area contributed by atoms with Crippen molar-refractivity contribution in [3.8, 4) is 0 Å². The molecule has 1 N–H and O–H groups in total. The molecule has 140 valence electrons. The topological polar surface area (TPSA) is 87.5 Å². The van der Waals surface area contributed by atoms with Gasteiger partial charge in [-0.1, -0.05) is 23.7 Å². The number of rotatable bonds is 3. The number of aryl methyl sites for hydroxylation is 1. The SMILES string of the molecule is Cn1cnc(S(=O)(=O)N2CCCN(C(=O)Nc3ccccc3Cl)CC2)c1. The van der Waals surface area contributed by atoms with Gasteiger partial charge < -0.3 is 14.8 Å². The lowest BCUT2D eigenvalue weighted by molar-refractivity contribution is 0.214. The summed E-state index contributed by atoms with van der Waals surface area (Å²) in [4.78, 5) is 18.0. The van der Waals surface area contributed by atoms with Crippen molar-refractivity contribution in [1.29, 1.82) is 0 Å². The summed E-state index contributed by atoms with van der Waals surface area (Å²) >= 11 is 6.06. The molecule has 1 saturated heterocycles. The van der Waals surface area contributed by atoms with E-state index >= 15 is 0 Å². The summed E-state index contributed by atoms with van der Waals surface area (Å²) in [5.41, 5.74) is 0.529. The summed E-state index contributed by atoms with van der Waals surface area (Å²) in [6.45, 7) is 1.32. The van der Waals surface area contributed by atoms with Crippen LogP contribution in [-0.2, 0) is 17.1 Å². The zero-order chi connectivity index (χ0) is 18.7. The first-order valence-corrected chi connectivity index (χ1v) is 9.98. The van der Waals surface area contributed by atoms with Gasteiger partial charge in [-0.15, -0.1) is 0 Å². The molecule has 2 aromatic rings. The molecule has 1 aliphatic rings. The van der Waals surface area contributed by atoms with Gasteiger partial charge in [-0.2, -0.15) is 4.31 Å². The molecule has 2 heterocycles. The fourth-order valence-electron chi connectivity index (χ4n) is 2.75. The molecule has 1 aromatic heterocycles. The van der Waals surface area contributed by atoms with Crippen LogP contribution >= 0.6 is 11.6 Å². The first-order chi connectivity index (χ1) is 12.4. The molecule has 0 atom stereocenters. The van der Waals surface area contributed by atoms with Crippen LogP contribution in [0.5, 0.6) is 0 Å². The Hall–Kier alpha value is -2.10. The number of imidazole rings is 1. The Morgan fingerprint density at radius 1 is 1.19 bits per heavy atom. The minimum absolute atomic E-state index is 0.0222. The van der Waals surface area contributed by atoms with Crippen molar-refractivity contribution in [2.75, 3.05) is 31.5 Å². The number of sulfonamides is 1. The molecule has 8 nitrogen and oxygen atoms in total. The van der Waals surface area contributed by atoms with E-state index in [1.54, 1.807) is 40.8 Å². The number of halogens is 1. The quantitative estimate of drug-likeness (QED) is 0.858. The van der Waals surface area contributed by atoms with Gasteiger partial charge in [0.15, 0.2) is 5.03 Å². The summed E-state index contributed by atoms with van der Waals surface area (Å²) < 4.78 is 28.3. The number of amides is 2. The van der Waals surface area contributed by atoms with Crippen LogP contribution in [0.4, 0.5) is 10.5 Å². The van der Waals surface area contributed by atoms with Crippen LogP contribution in [0, 0.1) is 0 Å². The maximum absolute atomic E-state index is 12.7. The summed E-state index contributed by atoms with van der Waals surface area (Å²) in [6, 6.07) is 6.68. The Balaban J connectivity index is 1.66. The van der Waals surface area contributed by atoms with E-state index in [9.17, 15) is 13.2 Å². The second-order valence-corrected chi connectivity index (χ2v) is 8.32. The maximum atomic E-state index is 12.7. The van der Waals surface area contributed by atoms with Crippen molar-refractivity contribution < 1.29 is 13.2 Å². The number of nitrogens with one attached hydrogen (secondary N) is 1. The lowest BCUT2D eigenvalue weighted by Gasteiger charge is -2.22. The smallest absolute Gasteiger partial charge is 0.321 e. The number of carbonyl (C=O) groups is 1. The monoisotopic (exact) mass is 397 g/mol. The maximum Gasteiger partial charge on any atom is 0.321 e. The van der Waals surface area contributed by atoms with Gasteiger partial charge in [0.25, 0.3) is 10.0 Å². The lowest BCUT2D eigenvalue weighted by atomic mass is 10.3. The van der Waals surface area contributed by atoms with E-state index in [4.69, 9.17) is 11.6 Å². The normalized spacial score (nSPS) is 16.3. The third-order valence-electron chi connectivity index (χ3n) is 4.14. The van der Waals surface area contributed by atoms with Crippen molar-refractivity contribution >= 4 is 33.3 Å². The van der Waals surface area contributed by atoms with Crippen LogP contribution in [0.15, 0.2) is 41.8 Å². The van der Waals surface area contributed by atoms with E-state index in [1.165, 1.54) is 16.8 Å². The Kier molecular flexibility index (Phi) is 5.49. The summed E-state index contributed by atoms with van der Waals surface area (Å²) in [6.07, 6.45) is 3.47. The van der Waals surface area contributed by atoms with Gasteiger partial charge in [0, 0.05) is 39.4 Å². The summed E-state index contributed by atoms with van der Waals surface area (Å²) in [7, 11) is -1.94. The molecule has 2 amide bonds. The highest BCUT2D eigenvalue weighted by Crippen LogP contribution is 2.21. The number of nitrogens with zero attached hydrogens (tertiary/aromatic N) is 4. The highest BCUT2D eigenvalue weighted by Gasteiger charge is 2.29. The molecule has 0 aliphatic carbocycles. The van der Waals surface area contributed by atoms with Crippen LogP contribution in [0.2, 0.25) is 5.02 Å². The number of benzene rings is 1. The molecule has 0 unspecified atom stereocenters. The number of aromatic nitrogens is 2. The molecule has 0 spiro atoms. The van der Waals surface area contributed by atoms with Gasteiger partial charge in [0.1, 0.15) is 0 Å². The molecule has 1 aliphatic heterocycles. The molecule has 3 rings (SSSR count). The highest BCUT2D eigenvalue weighted by atomic mass is 35.5. The fraction of sp³-hybridized carbons (Fsp3) is 0.375. The number of carbonyl (C=O) groups excluding carboxylic acids is 1. The number of hydrogen-bond acceptors (Lipinski definition) is 4. The predicted octanol–water partition coefficient (Wildman–Crippen LogP) is 2.00. The van der Waals surface area contributed by atoms with Crippen LogP contribution in [-0.4, -0.2) is 59.4 Å². The van der Waals surface area contributed by atoms with Crippen LogP contribution in [0.1, 0.15) is 6.42 Å². The van der Waals surface area contributed by atoms with E-state index in [-0.39, 0.29) is 17.6 Å². The van der Waals surface area contributed by atoms with Gasteiger partial charge in [0.05, 0.1) is 17.0 Å². The minimum Gasteiger partial charge on any atom is -0.339 e. The largest absolute Gasteiger partial charge is 0.339 e. The number of hydrogen-bond donors (Lipinski definition) is 1. The zero-order valence-corrected chi connectivity index (χ0v) is 15.9. The van der Waals surface area contributed by atoms with Gasteiger partial charge in [0.2, 0.25) is 0 Å². The average molecular weight is 398 g/mol. The van der Waals surface area contributed by atoms with E-state index in [1.807, 2.05) is 0 Å². The first-order valence-electron chi connectivity index (χ1n) is 8.16. The summed E-state index contributed by atoms with van der Waals surface area (Å²) in [5, 5.41) is 3.24. The van der Waals surface area contributed by atoms with Crippen molar-refractivity contribution in [3.63, 3.8) is 0 Å². The Bertz CT molecular complexity index is 899. The Morgan fingerprint density at radius 3 is 2.65 bits per heavy atom. The molecule has 0 bridgehead atoms. The molecule has 10 heteroatoms. The fourth-order valence-corrected chi connectivity index (χ4v) is 4.37. The third-order valence-corrected chi connectivity index (χ3v) is 6.26. The predicted molar refractivity (Wildman–Crippen MR) is 98.6 cm³/mol. The second-order valence-electron chi connectivity index (χ2n) is 6.03. The van der Waals surface area contributed by atoms with E-state index in [2.05, 4.69) is 10.3 Å². The van der Waals surface area contributed by atoms with Crippen molar-refractivity contribution in [1.82, 2.24) is 18.8 Å². The van der Waals surface area contributed by atoms with Gasteiger partial charge in [-0.25, -0.2) is 18.2 Å². The Labute approximate surface area is 157 Å². The van der Waals surface area contributed by atoms with E-state index in [0.717, 1.165) is 0 Å². The van der Waals surface area contributed by atoms with Crippen molar-refractivity contribution in [3.05, 3.63) is 41.8 Å². The van der Waals surface area contributed by atoms with E-state index in [0.29, 0.717) is 36.8 Å². The lowest BCUT2D eigenvalue weighted by Crippen LogP contribution is -2.39. The third kappa shape index (κ3) is 4.00. The first kappa shape index (κ1) is 18.7. The molecule has 1 fully saturated rings. The van der Waals surface area contributed by atoms with Crippen molar-refractivity contribution in [2.24, 2.45) is 7.05 Å². The molecule has 1 aromatic carbocycles. The molecular formula is C16H20ClN5O3S. The minimum atomic E-state index is -3.66. The molecule has 0 saturated carbocycles. The number of para-hydroxylation sites is 1.